The zero-order chi connectivity index (χ0) is 21.6. The zero-order valence-electron chi connectivity index (χ0n) is 16.3. The maximum absolute atomic E-state index is 13.3. The Hall–Kier alpha value is -2.88. The fourth-order valence-corrected chi connectivity index (χ4v) is 4.34. The summed E-state index contributed by atoms with van der Waals surface area (Å²) < 4.78 is 37.6. The molecule has 10 heteroatoms. The molecule has 0 saturated carbocycles. The van der Waals surface area contributed by atoms with Crippen LogP contribution in [0.3, 0.4) is 0 Å². The lowest BCUT2D eigenvalue weighted by molar-refractivity contribution is 0.211. The number of benzene rings is 2. The summed E-state index contributed by atoms with van der Waals surface area (Å²) in [5, 5.41) is 5.42. The van der Waals surface area contributed by atoms with Crippen molar-refractivity contribution in [3.05, 3.63) is 63.6 Å². The quantitative estimate of drug-likeness (QED) is 0.470. The number of sulfonamides is 1. The molecule has 30 heavy (non-hydrogen) atoms. The number of ether oxygens (including phenoxy) is 1. The van der Waals surface area contributed by atoms with Gasteiger partial charge in [0.2, 0.25) is 10.0 Å². The van der Waals surface area contributed by atoms with Crippen LogP contribution in [-0.2, 0) is 10.0 Å². The lowest BCUT2D eigenvalue weighted by Gasteiger charge is -2.17. The Bertz CT molecular complexity index is 1440. The highest BCUT2D eigenvalue weighted by atomic mass is 35.5. The lowest BCUT2D eigenvalue weighted by Crippen LogP contribution is -2.35. The first-order chi connectivity index (χ1) is 14.2. The van der Waals surface area contributed by atoms with E-state index in [0.29, 0.717) is 44.0 Å². The second kappa shape index (κ2) is 7.42. The van der Waals surface area contributed by atoms with Gasteiger partial charge in [0.1, 0.15) is 22.4 Å². The Labute approximate surface area is 177 Å². The third kappa shape index (κ3) is 3.67. The molecule has 0 aliphatic carbocycles. The number of fused-ring (bicyclic) bond motifs is 3. The fourth-order valence-electron chi connectivity index (χ4n) is 3.43. The van der Waals surface area contributed by atoms with E-state index in [-0.39, 0.29) is 5.56 Å². The van der Waals surface area contributed by atoms with E-state index in [4.69, 9.17) is 20.9 Å². The molecule has 1 N–H and O–H groups in total. The maximum Gasteiger partial charge on any atom is 0.268 e. The van der Waals surface area contributed by atoms with Crippen molar-refractivity contribution in [3.63, 3.8) is 0 Å². The predicted octanol–water partition coefficient (Wildman–Crippen LogP) is 3.37. The molecule has 0 fully saturated rings. The van der Waals surface area contributed by atoms with E-state index < -0.39 is 16.3 Å². The molecule has 0 amide bonds. The van der Waals surface area contributed by atoms with Crippen LogP contribution in [0, 0.1) is 6.92 Å². The minimum absolute atomic E-state index is 0.307. The minimum Gasteiger partial charge on any atom is -0.475 e. The van der Waals surface area contributed by atoms with Crippen LogP contribution in [0.25, 0.3) is 27.5 Å². The number of pyridine rings is 1. The molecule has 0 radical (unpaired) electrons. The Morgan fingerprint density at radius 1 is 1.20 bits per heavy atom. The first-order valence-corrected chi connectivity index (χ1v) is 11.3. The van der Waals surface area contributed by atoms with E-state index in [0.717, 1.165) is 6.26 Å². The molecular weight excluding hydrogens is 430 g/mol. The first-order valence-electron chi connectivity index (χ1n) is 8.99. The van der Waals surface area contributed by atoms with Crippen LogP contribution in [-0.4, -0.2) is 30.6 Å². The highest BCUT2D eigenvalue weighted by molar-refractivity contribution is 7.88. The molecule has 0 spiro atoms. The van der Waals surface area contributed by atoms with E-state index >= 15 is 0 Å². The topological polar surface area (TPSA) is 103 Å². The van der Waals surface area contributed by atoms with E-state index in [2.05, 4.69) is 9.88 Å². The summed E-state index contributed by atoms with van der Waals surface area (Å²) in [6, 6.07) is 12.0. The second-order valence-electron chi connectivity index (χ2n) is 6.88. The normalized spacial score (nSPS) is 13.1. The average molecular weight is 448 g/mol. The van der Waals surface area contributed by atoms with Crippen LogP contribution >= 0.6 is 11.6 Å². The summed E-state index contributed by atoms with van der Waals surface area (Å²) in [4.78, 5) is 13.3. The molecule has 2 aromatic carbocycles. The Balaban J connectivity index is 1.92. The van der Waals surface area contributed by atoms with E-state index in [1.165, 1.54) is 4.57 Å². The fraction of sp³-hybridized carbons (Fsp3) is 0.200. The molecule has 0 aliphatic heterocycles. The van der Waals surface area contributed by atoms with Crippen molar-refractivity contribution in [1.29, 1.82) is 0 Å². The molecule has 0 bridgehead atoms. The third-order valence-corrected chi connectivity index (χ3v) is 5.59. The summed E-state index contributed by atoms with van der Waals surface area (Å²) in [7, 11) is -3.43. The number of halogens is 1. The molecule has 4 aromatic rings. The summed E-state index contributed by atoms with van der Waals surface area (Å²) in [5.41, 5.74) is 1.19. The zero-order valence-corrected chi connectivity index (χ0v) is 17.9. The molecular formula is C20H18ClN3O5S. The van der Waals surface area contributed by atoms with Gasteiger partial charge < -0.3 is 9.26 Å². The van der Waals surface area contributed by atoms with Gasteiger partial charge in [-0.2, -0.15) is 4.72 Å². The smallest absolute Gasteiger partial charge is 0.268 e. The molecule has 156 valence electrons. The number of nitrogens with one attached hydrogen (secondary N) is 1. The minimum atomic E-state index is -3.43. The number of aromatic nitrogens is 2. The van der Waals surface area contributed by atoms with Crippen molar-refractivity contribution in [2.45, 2.75) is 20.1 Å². The summed E-state index contributed by atoms with van der Waals surface area (Å²) >= 11 is 6.43. The molecule has 8 nitrogen and oxygen atoms in total. The first kappa shape index (κ1) is 20.4. The Kier molecular flexibility index (Phi) is 5.05. The van der Waals surface area contributed by atoms with Gasteiger partial charge in [-0.25, -0.2) is 8.42 Å². The van der Waals surface area contributed by atoms with Crippen molar-refractivity contribution >= 4 is 43.4 Å². The van der Waals surface area contributed by atoms with E-state index in [1.54, 1.807) is 56.3 Å². The van der Waals surface area contributed by atoms with Gasteiger partial charge in [-0.05, 0) is 38.1 Å². The largest absolute Gasteiger partial charge is 0.475 e. The summed E-state index contributed by atoms with van der Waals surface area (Å²) in [5.74, 6) is 0.782. The van der Waals surface area contributed by atoms with Crippen molar-refractivity contribution in [1.82, 2.24) is 14.4 Å². The van der Waals surface area contributed by atoms with E-state index in [9.17, 15) is 13.2 Å². The van der Waals surface area contributed by atoms with Crippen molar-refractivity contribution in [2.75, 3.05) is 6.26 Å². The average Bonchev–Trinajstić information content (AvgIpc) is 3.02. The molecule has 2 heterocycles. The third-order valence-electron chi connectivity index (χ3n) is 4.52. The number of aryl methyl sites for hydroxylation is 1. The van der Waals surface area contributed by atoms with Gasteiger partial charge in [0, 0.05) is 11.5 Å². The molecule has 0 saturated heterocycles. The van der Waals surface area contributed by atoms with Crippen LogP contribution in [0.5, 0.6) is 5.75 Å². The van der Waals surface area contributed by atoms with Gasteiger partial charge in [0.05, 0.1) is 22.5 Å². The van der Waals surface area contributed by atoms with Crippen LogP contribution in [0.15, 0.2) is 51.8 Å². The Morgan fingerprint density at radius 2 is 1.93 bits per heavy atom. The summed E-state index contributed by atoms with van der Waals surface area (Å²) in [6.45, 7) is 3.24. The monoisotopic (exact) mass is 447 g/mol. The van der Waals surface area contributed by atoms with Crippen LogP contribution in [0.1, 0.15) is 12.7 Å². The van der Waals surface area contributed by atoms with Gasteiger partial charge in [-0.3, -0.25) is 9.36 Å². The van der Waals surface area contributed by atoms with E-state index in [1.807, 2.05) is 0 Å². The molecule has 2 aromatic heterocycles. The lowest BCUT2D eigenvalue weighted by atomic mass is 10.1. The highest BCUT2D eigenvalue weighted by Gasteiger charge is 2.20. The predicted molar refractivity (Wildman–Crippen MR) is 115 cm³/mol. The van der Waals surface area contributed by atoms with Crippen LogP contribution in [0.4, 0.5) is 0 Å². The number of hydrogen-bond acceptors (Lipinski definition) is 6. The highest BCUT2D eigenvalue weighted by Crippen LogP contribution is 2.31. The van der Waals surface area contributed by atoms with Crippen LogP contribution < -0.4 is 15.0 Å². The second-order valence-corrected chi connectivity index (χ2v) is 9.07. The van der Waals surface area contributed by atoms with Gasteiger partial charge in [-0.1, -0.05) is 28.9 Å². The van der Waals surface area contributed by atoms with Gasteiger partial charge in [-0.15, -0.1) is 0 Å². The van der Waals surface area contributed by atoms with Crippen LogP contribution in [0.2, 0.25) is 5.02 Å². The number of hydrogen-bond donors (Lipinski definition) is 1. The van der Waals surface area contributed by atoms with Gasteiger partial charge in [0.15, 0.2) is 6.23 Å². The molecule has 0 aliphatic rings. The maximum atomic E-state index is 13.3. The number of nitrogens with zero attached hydrogens (tertiary/aromatic N) is 2. The Morgan fingerprint density at radius 3 is 2.67 bits per heavy atom. The molecule has 1 unspecified atom stereocenters. The molecule has 1 atom stereocenters. The van der Waals surface area contributed by atoms with Gasteiger partial charge >= 0.3 is 0 Å². The van der Waals surface area contributed by atoms with Crippen molar-refractivity contribution in [3.8, 4) is 11.4 Å². The number of rotatable bonds is 5. The van der Waals surface area contributed by atoms with Crippen molar-refractivity contribution in [2.24, 2.45) is 0 Å². The van der Waals surface area contributed by atoms with Gasteiger partial charge in [0.25, 0.3) is 5.56 Å². The standard InChI is InChI=1S/C20H18ClN3O5S/c1-11-17-19(22-29-11)18-15(21)8-5-9-16(18)24(20(17)25)13-6-4-7-14(10-13)28-12(2)23-30(3,26)27/h4-10,12,23H,1-3H3. The van der Waals surface area contributed by atoms with Crippen molar-refractivity contribution < 1.29 is 17.7 Å². The molecule has 4 rings (SSSR count). The SMILES string of the molecule is Cc1onc2c1c(=O)n(-c1cccc(OC(C)NS(C)(=O)=O)c1)c1cccc(Cl)c21. The summed E-state index contributed by atoms with van der Waals surface area (Å²) in [6.07, 6.45) is 0.260.